The summed E-state index contributed by atoms with van der Waals surface area (Å²) in [6.45, 7) is 6.68. The number of nitrogens with zero attached hydrogens (tertiary/aromatic N) is 2. The van der Waals surface area contributed by atoms with E-state index in [1.807, 2.05) is 41.0 Å². The van der Waals surface area contributed by atoms with Gasteiger partial charge in [-0.05, 0) is 78.2 Å². The minimum atomic E-state index is -0.552. The van der Waals surface area contributed by atoms with Gasteiger partial charge in [0.2, 0.25) is 0 Å². The standard InChI is InChI=1S/C27H31N3O5/c1-16-11-19-13-21(26(31)28-22(19)12-17(16)2)25-20-15-24(34-4)23(33-3)14-18(20)5-6-30(25)27(32)29-7-9-35-10-8-29/h11-15,25H,5-10H2,1-4H3,(H,28,31). The summed E-state index contributed by atoms with van der Waals surface area (Å²) < 4.78 is 16.6. The molecule has 1 fully saturated rings. The van der Waals surface area contributed by atoms with Crippen LogP contribution in [0.5, 0.6) is 11.5 Å². The topological polar surface area (TPSA) is 84.1 Å². The van der Waals surface area contributed by atoms with E-state index in [1.54, 1.807) is 14.2 Å². The second-order valence-electron chi connectivity index (χ2n) is 9.21. The lowest BCUT2D eigenvalue weighted by Gasteiger charge is -2.41. The van der Waals surface area contributed by atoms with Crippen LogP contribution in [0.4, 0.5) is 4.79 Å². The van der Waals surface area contributed by atoms with E-state index in [1.165, 1.54) is 0 Å². The fraction of sp³-hybridized carbons (Fsp3) is 0.407. The van der Waals surface area contributed by atoms with Crippen LogP contribution in [0.25, 0.3) is 10.9 Å². The molecule has 2 aliphatic rings. The highest BCUT2D eigenvalue weighted by Gasteiger charge is 2.37. The maximum atomic E-state index is 13.7. The van der Waals surface area contributed by atoms with Gasteiger partial charge in [0.15, 0.2) is 11.5 Å². The highest BCUT2D eigenvalue weighted by atomic mass is 16.5. The number of urea groups is 1. The lowest BCUT2D eigenvalue weighted by atomic mass is 9.87. The molecule has 0 radical (unpaired) electrons. The summed E-state index contributed by atoms with van der Waals surface area (Å²) >= 11 is 0. The van der Waals surface area contributed by atoms with Crippen LogP contribution in [0.2, 0.25) is 0 Å². The molecule has 2 aliphatic heterocycles. The number of hydrogen-bond donors (Lipinski definition) is 1. The van der Waals surface area contributed by atoms with E-state index in [2.05, 4.69) is 18.0 Å². The van der Waals surface area contributed by atoms with E-state index in [0.717, 1.165) is 33.2 Å². The molecule has 1 atom stereocenters. The van der Waals surface area contributed by atoms with E-state index >= 15 is 0 Å². The second kappa shape index (κ2) is 9.26. The minimum Gasteiger partial charge on any atom is -0.493 e. The van der Waals surface area contributed by atoms with Gasteiger partial charge in [0, 0.05) is 30.7 Å². The van der Waals surface area contributed by atoms with E-state index in [9.17, 15) is 9.59 Å². The number of aromatic amines is 1. The third-order valence-corrected chi connectivity index (χ3v) is 7.18. The number of aromatic nitrogens is 1. The molecule has 1 unspecified atom stereocenters. The number of H-pyrrole nitrogens is 1. The molecule has 35 heavy (non-hydrogen) atoms. The van der Waals surface area contributed by atoms with Crippen molar-refractivity contribution in [1.82, 2.24) is 14.8 Å². The number of nitrogens with one attached hydrogen (secondary N) is 1. The molecule has 1 N–H and O–H groups in total. The Morgan fingerprint density at radius 1 is 0.943 bits per heavy atom. The molecule has 0 aliphatic carbocycles. The van der Waals surface area contributed by atoms with E-state index in [0.29, 0.717) is 56.3 Å². The number of aryl methyl sites for hydroxylation is 2. The summed E-state index contributed by atoms with van der Waals surface area (Å²) in [4.78, 5) is 33.9. The normalized spacial score (nSPS) is 17.9. The summed E-state index contributed by atoms with van der Waals surface area (Å²) in [5.41, 5.74) is 5.31. The van der Waals surface area contributed by atoms with Crippen LogP contribution in [-0.4, -0.2) is 67.9 Å². The van der Waals surface area contributed by atoms with E-state index in [-0.39, 0.29) is 11.6 Å². The number of morpholine rings is 1. The molecule has 2 aromatic carbocycles. The Bertz CT molecular complexity index is 1340. The van der Waals surface area contributed by atoms with E-state index in [4.69, 9.17) is 14.2 Å². The molecular weight excluding hydrogens is 446 g/mol. The lowest BCUT2D eigenvalue weighted by molar-refractivity contribution is 0.0399. The zero-order valence-corrected chi connectivity index (χ0v) is 20.6. The van der Waals surface area contributed by atoms with Crippen LogP contribution in [0, 0.1) is 13.8 Å². The van der Waals surface area contributed by atoms with Crippen LogP contribution in [-0.2, 0) is 11.2 Å². The monoisotopic (exact) mass is 477 g/mol. The maximum absolute atomic E-state index is 13.7. The number of ether oxygens (including phenoxy) is 3. The first kappa shape index (κ1) is 23.2. The number of methoxy groups -OCH3 is 2. The third kappa shape index (κ3) is 4.12. The fourth-order valence-corrected chi connectivity index (χ4v) is 5.12. The molecule has 2 amide bonds. The minimum absolute atomic E-state index is 0.0849. The van der Waals surface area contributed by atoms with Crippen molar-refractivity contribution in [3.63, 3.8) is 0 Å². The highest BCUT2D eigenvalue weighted by molar-refractivity contribution is 5.82. The summed E-state index contributed by atoms with van der Waals surface area (Å²) in [5.74, 6) is 1.21. The Morgan fingerprint density at radius 3 is 2.34 bits per heavy atom. The molecule has 0 saturated carbocycles. The molecule has 1 saturated heterocycles. The van der Waals surface area contributed by atoms with Gasteiger partial charge < -0.3 is 29.0 Å². The molecular formula is C27H31N3O5. The van der Waals surface area contributed by atoms with Crippen LogP contribution < -0.4 is 15.0 Å². The van der Waals surface area contributed by atoms with Gasteiger partial charge in [0.25, 0.3) is 5.56 Å². The number of fused-ring (bicyclic) bond motifs is 2. The van der Waals surface area contributed by atoms with Crippen molar-refractivity contribution in [2.24, 2.45) is 0 Å². The van der Waals surface area contributed by atoms with Crippen LogP contribution in [0.15, 0.2) is 35.1 Å². The number of pyridine rings is 1. The lowest BCUT2D eigenvalue weighted by Crippen LogP contribution is -2.52. The largest absolute Gasteiger partial charge is 0.493 e. The van der Waals surface area contributed by atoms with Crippen molar-refractivity contribution >= 4 is 16.9 Å². The number of benzene rings is 2. The second-order valence-corrected chi connectivity index (χ2v) is 9.21. The van der Waals surface area contributed by atoms with Crippen LogP contribution >= 0.6 is 0 Å². The average Bonchev–Trinajstić information content (AvgIpc) is 2.88. The first-order valence-electron chi connectivity index (χ1n) is 11.9. The Hall–Kier alpha value is -3.52. The Kier molecular flexibility index (Phi) is 6.15. The predicted octanol–water partition coefficient (Wildman–Crippen LogP) is 3.56. The first-order chi connectivity index (χ1) is 16.9. The van der Waals surface area contributed by atoms with Gasteiger partial charge in [0.1, 0.15) is 0 Å². The third-order valence-electron chi connectivity index (χ3n) is 7.18. The first-order valence-corrected chi connectivity index (χ1v) is 11.9. The number of hydrogen-bond acceptors (Lipinski definition) is 5. The summed E-state index contributed by atoms with van der Waals surface area (Å²) in [7, 11) is 3.20. The maximum Gasteiger partial charge on any atom is 0.320 e. The molecule has 5 rings (SSSR count). The SMILES string of the molecule is COc1cc2c(cc1OC)C(c1cc3cc(C)c(C)cc3[nH]c1=O)N(C(=O)N1CCOCC1)CC2. The highest BCUT2D eigenvalue weighted by Crippen LogP contribution is 2.41. The number of carbonyl (C=O) groups excluding carboxylic acids is 1. The molecule has 0 bridgehead atoms. The van der Waals surface area contributed by atoms with Crippen molar-refractivity contribution in [2.75, 3.05) is 47.1 Å². The molecule has 0 spiro atoms. The Balaban J connectivity index is 1.70. The quantitative estimate of drug-likeness (QED) is 0.624. The van der Waals surface area contributed by atoms with Crippen molar-refractivity contribution < 1.29 is 19.0 Å². The van der Waals surface area contributed by atoms with Gasteiger partial charge in [-0.1, -0.05) is 0 Å². The van der Waals surface area contributed by atoms with Gasteiger partial charge in [-0.15, -0.1) is 0 Å². The van der Waals surface area contributed by atoms with Crippen molar-refractivity contribution in [1.29, 1.82) is 0 Å². The van der Waals surface area contributed by atoms with Gasteiger partial charge in [-0.3, -0.25) is 4.79 Å². The molecule has 8 heteroatoms. The molecule has 184 valence electrons. The van der Waals surface area contributed by atoms with Crippen molar-refractivity contribution in [3.8, 4) is 11.5 Å². The van der Waals surface area contributed by atoms with Crippen molar-refractivity contribution in [2.45, 2.75) is 26.3 Å². The zero-order valence-electron chi connectivity index (χ0n) is 20.6. The number of carbonyl (C=O) groups is 1. The van der Waals surface area contributed by atoms with Crippen molar-refractivity contribution in [3.05, 3.63) is 68.5 Å². The summed E-state index contributed by atoms with van der Waals surface area (Å²) in [6.07, 6.45) is 0.659. The van der Waals surface area contributed by atoms with Crippen LogP contribution in [0.1, 0.15) is 33.9 Å². The molecule has 3 aromatic rings. The van der Waals surface area contributed by atoms with Gasteiger partial charge in [-0.2, -0.15) is 0 Å². The van der Waals surface area contributed by atoms with E-state index < -0.39 is 6.04 Å². The summed E-state index contributed by atoms with van der Waals surface area (Å²) in [6, 6.07) is 9.23. The molecule has 8 nitrogen and oxygen atoms in total. The van der Waals surface area contributed by atoms with Gasteiger partial charge >= 0.3 is 6.03 Å². The Morgan fingerprint density at radius 2 is 1.63 bits per heavy atom. The van der Waals surface area contributed by atoms with Gasteiger partial charge in [0.05, 0.1) is 33.5 Å². The summed E-state index contributed by atoms with van der Waals surface area (Å²) in [5, 5.41) is 0.939. The number of rotatable bonds is 3. The fourth-order valence-electron chi connectivity index (χ4n) is 5.12. The number of amides is 2. The van der Waals surface area contributed by atoms with Crippen LogP contribution in [0.3, 0.4) is 0 Å². The molecule has 3 heterocycles. The smallest absolute Gasteiger partial charge is 0.320 e. The zero-order chi connectivity index (χ0) is 24.7. The van der Waals surface area contributed by atoms with Gasteiger partial charge in [-0.25, -0.2) is 4.79 Å². The predicted molar refractivity (Wildman–Crippen MR) is 134 cm³/mol. The molecule has 1 aromatic heterocycles. The Labute approximate surface area is 204 Å². The average molecular weight is 478 g/mol.